The van der Waals surface area contributed by atoms with Crippen molar-refractivity contribution in [3.63, 3.8) is 0 Å². The maximum absolute atomic E-state index is 14.7. The standard InChI is InChI=1S/C23H22F3N5O2/c1-12(13-5-4-6-14(18(13)24)19(25)26)28-20-15-9-16(23(11-27)7-8-23)22(33-3)31-21(15)30-17(29-20)10-32-2/h4-6,9,12,19H,7-8,10H2,1-3H3,(H,28,29,30,31)/t12-/m1/s1. The fourth-order valence-corrected chi connectivity index (χ4v) is 3.81. The zero-order valence-corrected chi connectivity index (χ0v) is 18.3. The molecule has 3 aromatic rings. The Labute approximate surface area is 188 Å². The fourth-order valence-electron chi connectivity index (χ4n) is 3.81. The lowest BCUT2D eigenvalue weighted by molar-refractivity contribution is 0.146. The smallest absolute Gasteiger partial charge is 0.266 e. The fraction of sp³-hybridized carbons (Fsp3) is 0.391. The quantitative estimate of drug-likeness (QED) is 0.510. The van der Waals surface area contributed by atoms with E-state index in [0.29, 0.717) is 47.0 Å². The zero-order chi connectivity index (χ0) is 23.8. The number of pyridine rings is 1. The molecule has 2 aromatic heterocycles. The van der Waals surface area contributed by atoms with Crippen LogP contribution in [-0.4, -0.2) is 29.2 Å². The number of alkyl halides is 2. The van der Waals surface area contributed by atoms with Gasteiger partial charge >= 0.3 is 0 Å². The molecule has 172 valence electrons. The van der Waals surface area contributed by atoms with Crippen molar-refractivity contribution in [3.05, 3.63) is 52.6 Å². The third-order valence-corrected chi connectivity index (χ3v) is 5.76. The zero-order valence-electron chi connectivity index (χ0n) is 18.3. The third kappa shape index (κ3) is 4.16. The largest absolute Gasteiger partial charge is 0.481 e. The molecule has 0 radical (unpaired) electrons. The van der Waals surface area contributed by atoms with Gasteiger partial charge in [-0.15, -0.1) is 0 Å². The molecule has 1 saturated carbocycles. The van der Waals surface area contributed by atoms with E-state index in [1.807, 2.05) is 0 Å². The van der Waals surface area contributed by atoms with Crippen LogP contribution in [0.25, 0.3) is 11.0 Å². The maximum Gasteiger partial charge on any atom is 0.266 e. The molecule has 1 fully saturated rings. The Balaban J connectivity index is 1.83. The minimum atomic E-state index is -2.93. The highest BCUT2D eigenvalue weighted by molar-refractivity contribution is 5.88. The van der Waals surface area contributed by atoms with Crippen LogP contribution in [0, 0.1) is 17.1 Å². The lowest BCUT2D eigenvalue weighted by Crippen LogP contribution is -2.14. The first kappa shape index (κ1) is 22.7. The second-order valence-corrected chi connectivity index (χ2v) is 7.95. The number of methoxy groups -OCH3 is 2. The van der Waals surface area contributed by atoms with Gasteiger partial charge in [-0.25, -0.2) is 23.1 Å². The minimum absolute atomic E-state index is 0.0743. The molecule has 1 aliphatic rings. The highest BCUT2D eigenvalue weighted by Gasteiger charge is 2.47. The van der Waals surface area contributed by atoms with E-state index in [9.17, 15) is 18.4 Å². The van der Waals surface area contributed by atoms with Crippen LogP contribution < -0.4 is 10.1 Å². The molecule has 33 heavy (non-hydrogen) atoms. The molecule has 1 aliphatic carbocycles. The Morgan fingerprint density at radius 1 is 1.18 bits per heavy atom. The number of hydrogen-bond acceptors (Lipinski definition) is 7. The van der Waals surface area contributed by atoms with Crippen LogP contribution in [0.2, 0.25) is 0 Å². The van der Waals surface area contributed by atoms with Gasteiger partial charge in [-0.05, 0) is 25.8 Å². The number of hydrogen-bond donors (Lipinski definition) is 1. The second-order valence-electron chi connectivity index (χ2n) is 7.95. The van der Waals surface area contributed by atoms with Crippen molar-refractivity contribution in [2.45, 2.75) is 44.3 Å². The number of halogens is 3. The monoisotopic (exact) mass is 457 g/mol. The first-order chi connectivity index (χ1) is 15.8. The van der Waals surface area contributed by atoms with Crippen molar-refractivity contribution in [2.75, 3.05) is 19.5 Å². The van der Waals surface area contributed by atoms with E-state index in [1.165, 1.54) is 26.4 Å². The molecular formula is C23H22F3N5O2. The molecule has 0 bridgehead atoms. The van der Waals surface area contributed by atoms with E-state index in [1.54, 1.807) is 13.0 Å². The summed E-state index contributed by atoms with van der Waals surface area (Å²) in [6.07, 6.45) is -1.56. The summed E-state index contributed by atoms with van der Waals surface area (Å²) in [7, 11) is 2.97. The topological polar surface area (TPSA) is 93.0 Å². The molecule has 10 heteroatoms. The van der Waals surface area contributed by atoms with Crippen LogP contribution in [0.4, 0.5) is 19.0 Å². The van der Waals surface area contributed by atoms with Crippen molar-refractivity contribution < 1.29 is 22.6 Å². The Bertz CT molecular complexity index is 1240. The average molecular weight is 457 g/mol. The van der Waals surface area contributed by atoms with Crippen LogP contribution in [0.5, 0.6) is 5.88 Å². The summed E-state index contributed by atoms with van der Waals surface area (Å²) in [6, 6.07) is 7.28. The first-order valence-electron chi connectivity index (χ1n) is 10.3. The lowest BCUT2D eigenvalue weighted by Gasteiger charge is -2.20. The maximum atomic E-state index is 14.7. The summed E-state index contributed by atoms with van der Waals surface area (Å²) in [5.74, 6) is -0.0139. The molecular weight excluding hydrogens is 435 g/mol. The molecule has 0 saturated heterocycles. The number of ether oxygens (including phenoxy) is 2. The van der Waals surface area contributed by atoms with Gasteiger partial charge in [-0.3, -0.25) is 0 Å². The Hall–Kier alpha value is -3.45. The number of nitrogens with zero attached hydrogens (tertiary/aromatic N) is 4. The summed E-state index contributed by atoms with van der Waals surface area (Å²) in [5, 5.41) is 13.3. The Morgan fingerprint density at radius 2 is 1.91 bits per heavy atom. The number of nitriles is 1. The van der Waals surface area contributed by atoms with Gasteiger partial charge in [-0.2, -0.15) is 10.2 Å². The summed E-state index contributed by atoms with van der Waals surface area (Å²) in [5.41, 5.74) is -0.330. The number of benzene rings is 1. The van der Waals surface area contributed by atoms with Gasteiger partial charge in [0.25, 0.3) is 6.43 Å². The van der Waals surface area contributed by atoms with Gasteiger partial charge in [0, 0.05) is 18.2 Å². The SMILES string of the molecule is COCc1nc(N[C@H](C)c2cccc(C(F)F)c2F)c2cc(C3(C#N)CC3)c(OC)nc2n1. The number of fused-ring (bicyclic) bond motifs is 1. The van der Waals surface area contributed by atoms with E-state index < -0.39 is 29.3 Å². The summed E-state index contributed by atoms with van der Waals surface area (Å²) < 4.78 is 51.6. The normalized spacial score (nSPS) is 15.3. The van der Waals surface area contributed by atoms with Gasteiger partial charge in [0.1, 0.15) is 18.2 Å². The number of aromatic nitrogens is 3. The molecule has 1 N–H and O–H groups in total. The molecule has 4 rings (SSSR count). The molecule has 1 aromatic carbocycles. The Kier molecular flexibility index (Phi) is 6.08. The van der Waals surface area contributed by atoms with Crippen molar-refractivity contribution in [2.24, 2.45) is 0 Å². The molecule has 0 spiro atoms. The summed E-state index contributed by atoms with van der Waals surface area (Å²) in [6.45, 7) is 1.75. The molecule has 0 aliphatic heterocycles. The van der Waals surface area contributed by atoms with E-state index in [4.69, 9.17) is 9.47 Å². The predicted octanol–water partition coefficient (Wildman–Crippen LogP) is 4.98. The second kappa shape index (κ2) is 8.83. The third-order valence-electron chi connectivity index (χ3n) is 5.76. The van der Waals surface area contributed by atoms with Gasteiger partial charge < -0.3 is 14.8 Å². The van der Waals surface area contributed by atoms with Crippen molar-refractivity contribution in [1.82, 2.24) is 15.0 Å². The molecule has 1 atom stereocenters. The van der Waals surface area contributed by atoms with Gasteiger partial charge in [0.2, 0.25) is 5.88 Å². The first-order valence-corrected chi connectivity index (χ1v) is 10.3. The summed E-state index contributed by atoms with van der Waals surface area (Å²) >= 11 is 0. The molecule has 7 nitrogen and oxygen atoms in total. The van der Waals surface area contributed by atoms with Crippen molar-refractivity contribution in [1.29, 1.82) is 5.26 Å². The Morgan fingerprint density at radius 3 is 2.52 bits per heavy atom. The van der Waals surface area contributed by atoms with Crippen molar-refractivity contribution >= 4 is 16.9 Å². The van der Waals surface area contributed by atoms with Crippen molar-refractivity contribution in [3.8, 4) is 11.9 Å². The van der Waals surface area contributed by atoms with Gasteiger partial charge in [-0.1, -0.05) is 18.2 Å². The molecule has 0 amide bonds. The molecule has 0 unspecified atom stereocenters. The number of anilines is 1. The lowest BCUT2D eigenvalue weighted by atomic mass is 9.97. The van der Waals surface area contributed by atoms with Crippen LogP contribution in [0.15, 0.2) is 24.3 Å². The van der Waals surface area contributed by atoms with Crippen LogP contribution in [-0.2, 0) is 16.8 Å². The predicted molar refractivity (Wildman–Crippen MR) is 115 cm³/mol. The number of nitrogens with one attached hydrogen (secondary N) is 1. The molecule has 2 heterocycles. The minimum Gasteiger partial charge on any atom is -0.481 e. The highest BCUT2D eigenvalue weighted by atomic mass is 19.3. The highest BCUT2D eigenvalue weighted by Crippen LogP contribution is 2.51. The average Bonchev–Trinajstić information content (AvgIpc) is 3.59. The number of rotatable bonds is 8. The van der Waals surface area contributed by atoms with Crippen LogP contribution in [0.3, 0.4) is 0 Å². The van der Waals surface area contributed by atoms with E-state index in [-0.39, 0.29) is 12.2 Å². The van der Waals surface area contributed by atoms with Crippen LogP contribution >= 0.6 is 0 Å². The van der Waals surface area contributed by atoms with Crippen LogP contribution in [0.1, 0.15) is 54.7 Å². The van der Waals surface area contributed by atoms with Gasteiger partial charge in [0.15, 0.2) is 11.5 Å². The van der Waals surface area contributed by atoms with E-state index in [0.717, 1.165) is 6.07 Å². The van der Waals surface area contributed by atoms with Gasteiger partial charge in [0.05, 0.1) is 35.6 Å². The van der Waals surface area contributed by atoms with E-state index in [2.05, 4.69) is 26.3 Å². The van der Waals surface area contributed by atoms with E-state index >= 15 is 0 Å². The summed E-state index contributed by atoms with van der Waals surface area (Å²) in [4.78, 5) is 13.4.